The number of amides is 1. The van der Waals surface area contributed by atoms with Crippen LogP contribution >= 0.6 is 0 Å². The van der Waals surface area contributed by atoms with Crippen LogP contribution in [0.4, 0.5) is 11.5 Å². The fourth-order valence-electron chi connectivity index (χ4n) is 2.97. The molecule has 0 aliphatic carbocycles. The van der Waals surface area contributed by atoms with Crippen LogP contribution in [0.1, 0.15) is 44.2 Å². The lowest BCUT2D eigenvalue weighted by molar-refractivity contribution is -0.118. The van der Waals surface area contributed by atoms with E-state index in [9.17, 15) is 14.4 Å². The molecule has 148 valence electrons. The van der Waals surface area contributed by atoms with Gasteiger partial charge in [-0.2, -0.15) is 5.26 Å². The number of rotatable bonds is 8. The SMILES string of the molecule is CCCCn1c(N)c(N(CC)C(=O)CCc2ccc(C#N)cc2)c(=O)[nH]c1=O. The Balaban J connectivity index is 2.25. The quantitative estimate of drug-likeness (QED) is 0.719. The van der Waals surface area contributed by atoms with E-state index < -0.39 is 11.2 Å². The second kappa shape index (κ2) is 9.55. The number of nitrogens with two attached hydrogens (primary N) is 1. The lowest BCUT2D eigenvalue weighted by Crippen LogP contribution is -2.41. The first kappa shape index (κ1) is 21.0. The number of H-pyrrole nitrogens is 1. The molecule has 2 aromatic rings. The number of hydrogen-bond donors (Lipinski definition) is 2. The highest BCUT2D eigenvalue weighted by atomic mass is 16.2. The predicted octanol–water partition coefficient (Wildman–Crippen LogP) is 1.78. The van der Waals surface area contributed by atoms with Crippen molar-refractivity contribution in [3.8, 4) is 6.07 Å². The van der Waals surface area contributed by atoms with Gasteiger partial charge in [-0.3, -0.25) is 19.1 Å². The van der Waals surface area contributed by atoms with E-state index >= 15 is 0 Å². The van der Waals surface area contributed by atoms with Crippen molar-refractivity contribution in [2.75, 3.05) is 17.2 Å². The Bertz CT molecular complexity index is 983. The Morgan fingerprint density at radius 2 is 1.93 bits per heavy atom. The molecular weight excluding hydrogens is 358 g/mol. The topological polar surface area (TPSA) is 125 Å². The number of aromatic nitrogens is 2. The number of carbonyl (C=O) groups excluding carboxylic acids is 1. The van der Waals surface area contributed by atoms with Gasteiger partial charge in [0.25, 0.3) is 5.56 Å². The van der Waals surface area contributed by atoms with Crippen LogP contribution in [0.15, 0.2) is 33.9 Å². The first-order chi connectivity index (χ1) is 13.4. The highest BCUT2D eigenvalue weighted by molar-refractivity contribution is 5.95. The standard InChI is InChI=1S/C20H25N5O3/c1-3-5-12-25-18(22)17(19(27)23-20(25)28)24(4-2)16(26)11-10-14-6-8-15(13-21)9-7-14/h6-9H,3-5,10-12,22H2,1-2H3,(H,23,27,28). The van der Waals surface area contributed by atoms with Crippen LogP contribution in [-0.2, 0) is 17.8 Å². The van der Waals surface area contributed by atoms with Crippen molar-refractivity contribution >= 4 is 17.4 Å². The summed E-state index contributed by atoms with van der Waals surface area (Å²) in [5, 5.41) is 8.85. The lowest BCUT2D eigenvalue weighted by Gasteiger charge is -2.23. The van der Waals surface area contributed by atoms with Crippen LogP contribution in [0.5, 0.6) is 0 Å². The van der Waals surface area contributed by atoms with Gasteiger partial charge in [0, 0.05) is 19.5 Å². The van der Waals surface area contributed by atoms with Gasteiger partial charge in [-0.15, -0.1) is 0 Å². The Morgan fingerprint density at radius 3 is 2.50 bits per heavy atom. The van der Waals surface area contributed by atoms with E-state index in [4.69, 9.17) is 11.0 Å². The van der Waals surface area contributed by atoms with E-state index in [-0.39, 0.29) is 30.4 Å². The zero-order chi connectivity index (χ0) is 20.7. The maximum Gasteiger partial charge on any atom is 0.330 e. The number of nitrogen functional groups attached to an aromatic ring is 1. The lowest BCUT2D eigenvalue weighted by atomic mass is 10.1. The number of carbonyl (C=O) groups is 1. The van der Waals surface area contributed by atoms with Gasteiger partial charge in [0.2, 0.25) is 5.91 Å². The zero-order valence-electron chi connectivity index (χ0n) is 16.2. The van der Waals surface area contributed by atoms with Gasteiger partial charge in [0.05, 0.1) is 11.6 Å². The first-order valence-electron chi connectivity index (χ1n) is 9.34. The monoisotopic (exact) mass is 383 g/mol. The molecule has 8 nitrogen and oxygen atoms in total. The third kappa shape index (κ3) is 4.68. The summed E-state index contributed by atoms with van der Waals surface area (Å²) in [6.07, 6.45) is 2.23. The molecule has 0 spiro atoms. The molecule has 0 radical (unpaired) electrons. The Labute approximate surface area is 163 Å². The summed E-state index contributed by atoms with van der Waals surface area (Å²) in [7, 11) is 0. The summed E-state index contributed by atoms with van der Waals surface area (Å²) in [6, 6.07) is 9.05. The molecule has 1 aromatic heterocycles. The van der Waals surface area contributed by atoms with Crippen LogP contribution < -0.4 is 21.9 Å². The molecule has 8 heteroatoms. The maximum atomic E-state index is 12.8. The molecule has 0 aliphatic heterocycles. The fraction of sp³-hybridized carbons (Fsp3) is 0.400. The number of aromatic amines is 1. The van der Waals surface area contributed by atoms with Gasteiger partial charge in [-0.25, -0.2) is 4.79 Å². The van der Waals surface area contributed by atoms with Crippen LogP contribution in [-0.4, -0.2) is 22.0 Å². The van der Waals surface area contributed by atoms with Gasteiger partial charge in [-0.1, -0.05) is 25.5 Å². The number of aryl methyl sites for hydroxylation is 1. The number of anilines is 2. The smallest absolute Gasteiger partial charge is 0.330 e. The fourth-order valence-corrected chi connectivity index (χ4v) is 2.97. The van der Waals surface area contributed by atoms with Crippen molar-refractivity contribution < 1.29 is 4.79 Å². The number of nitrogens with one attached hydrogen (secondary N) is 1. The van der Waals surface area contributed by atoms with Gasteiger partial charge < -0.3 is 10.6 Å². The minimum Gasteiger partial charge on any atom is -0.383 e. The van der Waals surface area contributed by atoms with Crippen LogP contribution in [0.2, 0.25) is 0 Å². The van der Waals surface area contributed by atoms with E-state index in [1.165, 1.54) is 9.47 Å². The molecule has 1 amide bonds. The van der Waals surface area contributed by atoms with Crippen molar-refractivity contribution in [1.29, 1.82) is 5.26 Å². The van der Waals surface area contributed by atoms with Crippen molar-refractivity contribution in [2.45, 2.75) is 46.1 Å². The minimum atomic E-state index is -0.663. The molecule has 1 heterocycles. The molecule has 0 aliphatic rings. The maximum absolute atomic E-state index is 12.8. The van der Waals surface area contributed by atoms with E-state index in [1.54, 1.807) is 31.2 Å². The Kier molecular flexibility index (Phi) is 7.15. The third-order valence-corrected chi connectivity index (χ3v) is 4.55. The van der Waals surface area contributed by atoms with Gasteiger partial charge in [0.15, 0.2) is 5.69 Å². The number of nitriles is 1. The molecule has 0 atom stereocenters. The number of benzene rings is 1. The Morgan fingerprint density at radius 1 is 1.25 bits per heavy atom. The second-order valence-corrected chi connectivity index (χ2v) is 6.45. The summed E-state index contributed by atoms with van der Waals surface area (Å²) >= 11 is 0. The van der Waals surface area contributed by atoms with Gasteiger partial charge in [-0.05, 0) is 37.5 Å². The molecular formula is C20H25N5O3. The molecule has 0 bridgehead atoms. The van der Waals surface area contributed by atoms with E-state index in [1.807, 2.05) is 13.0 Å². The Hall–Kier alpha value is -3.34. The van der Waals surface area contributed by atoms with Crippen molar-refractivity contribution in [2.24, 2.45) is 0 Å². The number of hydrogen-bond acceptors (Lipinski definition) is 5. The van der Waals surface area contributed by atoms with E-state index in [2.05, 4.69) is 4.98 Å². The molecule has 0 unspecified atom stereocenters. The largest absolute Gasteiger partial charge is 0.383 e. The molecule has 2 rings (SSSR count). The van der Waals surface area contributed by atoms with Gasteiger partial charge in [0.1, 0.15) is 5.82 Å². The minimum absolute atomic E-state index is 0.00998. The third-order valence-electron chi connectivity index (χ3n) is 4.55. The summed E-state index contributed by atoms with van der Waals surface area (Å²) in [4.78, 5) is 40.8. The number of nitrogens with zero attached hydrogens (tertiary/aromatic N) is 3. The molecule has 1 aromatic carbocycles. The second-order valence-electron chi connectivity index (χ2n) is 6.45. The number of unbranched alkanes of at least 4 members (excludes halogenated alkanes) is 1. The van der Waals surface area contributed by atoms with Crippen molar-refractivity contribution in [3.05, 3.63) is 56.2 Å². The summed E-state index contributed by atoms with van der Waals surface area (Å²) < 4.78 is 1.30. The van der Waals surface area contributed by atoms with Crippen molar-refractivity contribution in [3.63, 3.8) is 0 Å². The van der Waals surface area contributed by atoms with Crippen molar-refractivity contribution in [1.82, 2.24) is 9.55 Å². The summed E-state index contributed by atoms with van der Waals surface area (Å²) in [6.45, 7) is 4.37. The highest BCUT2D eigenvalue weighted by Crippen LogP contribution is 2.18. The van der Waals surface area contributed by atoms with Crippen LogP contribution in [0.3, 0.4) is 0 Å². The van der Waals surface area contributed by atoms with Gasteiger partial charge >= 0.3 is 5.69 Å². The molecule has 0 saturated heterocycles. The zero-order valence-corrected chi connectivity index (χ0v) is 16.2. The molecule has 0 fully saturated rings. The normalized spacial score (nSPS) is 10.5. The van der Waals surface area contributed by atoms with E-state index in [0.717, 1.165) is 18.4 Å². The highest BCUT2D eigenvalue weighted by Gasteiger charge is 2.22. The van der Waals surface area contributed by atoms with Crippen LogP contribution in [0, 0.1) is 11.3 Å². The molecule has 3 N–H and O–H groups in total. The average molecular weight is 383 g/mol. The predicted molar refractivity (Wildman–Crippen MR) is 108 cm³/mol. The first-order valence-corrected chi connectivity index (χ1v) is 9.34. The average Bonchev–Trinajstić information content (AvgIpc) is 2.69. The summed E-state index contributed by atoms with van der Waals surface area (Å²) in [5.74, 6) is -0.250. The molecule has 0 saturated carbocycles. The van der Waals surface area contributed by atoms with E-state index in [0.29, 0.717) is 18.5 Å². The van der Waals surface area contributed by atoms with Crippen LogP contribution in [0.25, 0.3) is 0 Å². The summed E-state index contributed by atoms with van der Waals surface area (Å²) in [5.41, 5.74) is 6.35. The molecule has 28 heavy (non-hydrogen) atoms.